The fourth-order valence-corrected chi connectivity index (χ4v) is 5.40. The van der Waals surface area contributed by atoms with E-state index in [1.54, 1.807) is 6.07 Å². The van der Waals surface area contributed by atoms with E-state index < -0.39 is 5.82 Å². The third-order valence-electron chi connectivity index (χ3n) is 7.44. The first-order valence-electron chi connectivity index (χ1n) is 11.9. The molecule has 2 N–H and O–H groups in total. The Bertz CT molecular complexity index is 1080. The summed E-state index contributed by atoms with van der Waals surface area (Å²) in [7, 11) is 3.54. The maximum Gasteiger partial charge on any atom is 0.272 e. The van der Waals surface area contributed by atoms with Gasteiger partial charge in [-0.1, -0.05) is 0 Å². The molecule has 2 amide bonds. The molecule has 0 radical (unpaired) electrons. The number of methoxy groups -OCH3 is 1. The van der Waals surface area contributed by atoms with Crippen LogP contribution in [0, 0.1) is 11.7 Å². The van der Waals surface area contributed by atoms with Crippen molar-refractivity contribution in [2.45, 2.75) is 50.1 Å². The molecule has 2 aromatic heterocycles. The number of rotatable bonds is 5. The van der Waals surface area contributed by atoms with E-state index in [4.69, 9.17) is 4.74 Å². The number of aromatic amines is 1. The van der Waals surface area contributed by atoms with Crippen molar-refractivity contribution >= 4 is 11.8 Å². The highest BCUT2D eigenvalue weighted by atomic mass is 19.1. The highest BCUT2D eigenvalue weighted by Gasteiger charge is 2.54. The average molecular weight is 471 g/mol. The molecule has 0 bridgehead atoms. The van der Waals surface area contributed by atoms with Gasteiger partial charge in [0.05, 0.1) is 19.0 Å². The highest BCUT2D eigenvalue weighted by Crippen LogP contribution is 2.50. The predicted molar refractivity (Wildman–Crippen MR) is 123 cm³/mol. The van der Waals surface area contributed by atoms with Crippen LogP contribution in [0.1, 0.15) is 49.0 Å². The lowest BCUT2D eigenvalue weighted by Gasteiger charge is -2.40. The van der Waals surface area contributed by atoms with E-state index in [-0.39, 0.29) is 40.8 Å². The second kappa shape index (κ2) is 8.98. The molecule has 0 aromatic carbocycles. The Morgan fingerprint density at radius 1 is 1.26 bits per heavy atom. The predicted octanol–water partition coefficient (Wildman–Crippen LogP) is 2.21. The Balaban J connectivity index is 1.25. The normalized spacial score (nSPS) is 24.1. The number of hydrogen-bond donors (Lipinski definition) is 2. The Morgan fingerprint density at radius 3 is 2.82 bits per heavy atom. The van der Waals surface area contributed by atoms with Gasteiger partial charge in [0.25, 0.3) is 5.91 Å². The summed E-state index contributed by atoms with van der Waals surface area (Å²) >= 11 is 0. The van der Waals surface area contributed by atoms with E-state index >= 15 is 0 Å². The van der Waals surface area contributed by atoms with E-state index in [1.165, 1.54) is 13.2 Å². The van der Waals surface area contributed by atoms with Crippen molar-refractivity contribution in [3.05, 3.63) is 29.8 Å². The first-order chi connectivity index (χ1) is 16.4. The molecule has 4 heterocycles. The van der Waals surface area contributed by atoms with Crippen molar-refractivity contribution in [2.24, 2.45) is 5.92 Å². The third kappa shape index (κ3) is 4.38. The SMILES string of the molecule is COc1cc(-c2cc(C(=O)N3CCC(C(=O)NC4CCCN(C)C4)CC34CC4)[nH]n2)c(F)cn1. The molecule has 5 rings (SSSR count). The summed E-state index contributed by atoms with van der Waals surface area (Å²) in [6.07, 6.45) is 6.30. The van der Waals surface area contributed by atoms with Gasteiger partial charge in [-0.25, -0.2) is 9.37 Å². The smallest absolute Gasteiger partial charge is 0.272 e. The van der Waals surface area contributed by atoms with E-state index in [9.17, 15) is 14.0 Å². The molecule has 3 aliphatic rings. The molecular formula is C24H31FN6O3. The molecule has 2 aromatic rings. The molecule has 1 aliphatic carbocycles. The number of aromatic nitrogens is 3. The van der Waals surface area contributed by atoms with Crippen LogP contribution in [0.2, 0.25) is 0 Å². The fraction of sp³-hybridized carbons (Fsp3) is 0.583. The zero-order valence-electron chi connectivity index (χ0n) is 19.6. The second-order valence-corrected chi connectivity index (χ2v) is 9.85. The molecule has 34 heavy (non-hydrogen) atoms. The van der Waals surface area contributed by atoms with Crippen LogP contribution in [-0.2, 0) is 4.79 Å². The van der Waals surface area contributed by atoms with E-state index in [2.05, 4.69) is 32.4 Å². The number of likely N-dealkylation sites (tertiary alicyclic amines) is 2. The molecule has 182 valence electrons. The lowest BCUT2D eigenvalue weighted by atomic mass is 9.87. The number of halogens is 1. The lowest BCUT2D eigenvalue weighted by Crippen LogP contribution is -2.53. The van der Waals surface area contributed by atoms with Gasteiger partial charge in [0.1, 0.15) is 5.69 Å². The van der Waals surface area contributed by atoms with Gasteiger partial charge in [0.15, 0.2) is 5.82 Å². The number of likely N-dealkylation sites (N-methyl/N-ethyl adjacent to an activating group) is 1. The summed E-state index contributed by atoms with van der Waals surface area (Å²) < 4.78 is 19.4. The van der Waals surface area contributed by atoms with Crippen molar-refractivity contribution in [1.29, 1.82) is 0 Å². The average Bonchev–Trinajstić information content (AvgIpc) is 3.40. The van der Waals surface area contributed by atoms with Crippen molar-refractivity contribution in [1.82, 2.24) is 30.3 Å². The van der Waals surface area contributed by atoms with E-state index in [0.29, 0.717) is 30.8 Å². The Hall–Kier alpha value is -3.01. The largest absolute Gasteiger partial charge is 0.481 e. The van der Waals surface area contributed by atoms with Crippen LogP contribution in [0.5, 0.6) is 5.88 Å². The van der Waals surface area contributed by atoms with Crippen LogP contribution in [-0.4, -0.2) is 82.2 Å². The fourth-order valence-electron chi connectivity index (χ4n) is 5.40. The minimum atomic E-state index is -0.541. The van der Waals surface area contributed by atoms with Gasteiger partial charge in [-0.3, -0.25) is 14.7 Å². The van der Waals surface area contributed by atoms with Crippen LogP contribution >= 0.6 is 0 Å². The molecule has 10 heteroatoms. The first kappa shape index (κ1) is 22.8. The maximum absolute atomic E-state index is 14.3. The number of pyridine rings is 1. The minimum Gasteiger partial charge on any atom is -0.481 e. The van der Waals surface area contributed by atoms with Crippen LogP contribution < -0.4 is 10.1 Å². The summed E-state index contributed by atoms with van der Waals surface area (Å²) in [4.78, 5) is 34.3. The summed E-state index contributed by atoms with van der Waals surface area (Å²) in [5, 5.41) is 10.2. The van der Waals surface area contributed by atoms with Gasteiger partial charge in [-0.05, 0) is 58.2 Å². The molecule has 1 spiro atoms. The molecule has 2 unspecified atom stereocenters. The molecule has 3 fully saturated rings. The molecule has 2 atom stereocenters. The van der Waals surface area contributed by atoms with Gasteiger partial charge in [0.2, 0.25) is 11.8 Å². The number of hydrogen-bond acceptors (Lipinski definition) is 6. The van der Waals surface area contributed by atoms with Gasteiger partial charge in [-0.15, -0.1) is 0 Å². The second-order valence-electron chi connectivity index (χ2n) is 9.85. The molecule has 1 saturated carbocycles. The maximum atomic E-state index is 14.3. The van der Waals surface area contributed by atoms with Crippen LogP contribution in [0.3, 0.4) is 0 Å². The zero-order valence-corrected chi connectivity index (χ0v) is 19.6. The van der Waals surface area contributed by atoms with Crippen molar-refractivity contribution in [3.63, 3.8) is 0 Å². The quantitative estimate of drug-likeness (QED) is 0.695. The van der Waals surface area contributed by atoms with E-state index in [1.807, 2.05) is 4.90 Å². The lowest BCUT2D eigenvalue weighted by molar-refractivity contribution is -0.128. The van der Waals surface area contributed by atoms with Gasteiger partial charge >= 0.3 is 0 Å². The number of nitrogens with one attached hydrogen (secondary N) is 2. The standard InChI is InChI=1S/C24H31FN6O3/c1-30-8-3-4-16(14-30)27-22(32)15-5-9-31(24(12-15)6-7-24)23(33)20-11-19(28-29-20)17-10-21(34-2)26-13-18(17)25/h10-11,13,15-16H,3-9,12,14H2,1-2H3,(H,27,32)(H,28,29). The van der Waals surface area contributed by atoms with Crippen molar-refractivity contribution < 1.29 is 18.7 Å². The highest BCUT2D eigenvalue weighted by molar-refractivity contribution is 5.94. The number of piperidine rings is 2. The number of nitrogens with zero attached hydrogens (tertiary/aromatic N) is 4. The molecular weight excluding hydrogens is 439 g/mol. The Labute approximate surface area is 198 Å². The number of carbonyl (C=O) groups excluding carboxylic acids is 2. The Kier molecular flexibility index (Phi) is 6.01. The minimum absolute atomic E-state index is 0.0745. The number of carbonyl (C=O) groups is 2. The van der Waals surface area contributed by atoms with Crippen molar-refractivity contribution in [3.8, 4) is 17.1 Å². The molecule has 9 nitrogen and oxygen atoms in total. The van der Waals surface area contributed by atoms with Gasteiger partial charge in [-0.2, -0.15) is 5.10 Å². The van der Waals surface area contributed by atoms with Gasteiger partial charge < -0.3 is 19.9 Å². The zero-order chi connectivity index (χ0) is 23.9. The molecule has 2 aliphatic heterocycles. The number of amides is 2. The Morgan fingerprint density at radius 2 is 2.09 bits per heavy atom. The topological polar surface area (TPSA) is 103 Å². The van der Waals surface area contributed by atoms with Crippen LogP contribution in [0.25, 0.3) is 11.3 Å². The summed E-state index contributed by atoms with van der Waals surface area (Å²) in [5.41, 5.74) is 0.576. The van der Waals surface area contributed by atoms with E-state index in [0.717, 1.165) is 45.0 Å². The first-order valence-corrected chi connectivity index (χ1v) is 11.9. The van der Waals surface area contributed by atoms with Crippen LogP contribution in [0.4, 0.5) is 4.39 Å². The van der Waals surface area contributed by atoms with Gasteiger partial charge in [0, 0.05) is 42.2 Å². The van der Waals surface area contributed by atoms with Crippen molar-refractivity contribution in [2.75, 3.05) is 33.8 Å². The summed E-state index contributed by atoms with van der Waals surface area (Å²) in [6, 6.07) is 3.22. The van der Waals surface area contributed by atoms with Crippen LogP contribution in [0.15, 0.2) is 18.3 Å². The monoisotopic (exact) mass is 470 g/mol. The molecule has 2 saturated heterocycles. The number of ether oxygens (including phenoxy) is 1. The summed E-state index contributed by atoms with van der Waals surface area (Å²) in [6.45, 7) is 2.49. The number of H-pyrrole nitrogens is 1. The summed E-state index contributed by atoms with van der Waals surface area (Å²) in [5.74, 6) is -0.394. The third-order valence-corrected chi connectivity index (χ3v) is 7.44.